The Balaban J connectivity index is 3.21. The van der Waals surface area contributed by atoms with E-state index in [0.717, 1.165) is 28.9 Å². The molecule has 1 aromatic rings. The molecule has 1 rings (SSSR count). The second-order valence-corrected chi connectivity index (χ2v) is 4.14. The molecule has 1 atom stereocenters. The van der Waals surface area contributed by atoms with E-state index in [2.05, 4.69) is 0 Å². The zero-order chi connectivity index (χ0) is 13.5. The van der Waals surface area contributed by atoms with Crippen LogP contribution in [0.4, 0.5) is 0 Å². The molecule has 0 N–H and O–H groups in total. The highest BCUT2D eigenvalue weighted by molar-refractivity contribution is 5.54. The summed E-state index contributed by atoms with van der Waals surface area (Å²) in [7, 11) is 4.86. The van der Waals surface area contributed by atoms with Crippen molar-refractivity contribution in [1.29, 1.82) is 0 Å². The molecule has 0 aromatic heterocycles. The van der Waals surface area contributed by atoms with E-state index < -0.39 is 0 Å². The number of carbonyl (C=O) groups excluding carboxylic acids is 1. The minimum absolute atomic E-state index is 0.110. The fraction of sp³-hybridized carbons (Fsp3) is 0.500. The molecule has 0 fully saturated rings. The molecule has 0 amide bonds. The number of aldehydes is 1. The molecule has 100 valence electrons. The van der Waals surface area contributed by atoms with Gasteiger partial charge < -0.3 is 19.0 Å². The van der Waals surface area contributed by atoms with E-state index in [9.17, 15) is 4.79 Å². The highest BCUT2D eigenvalue weighted by atomic mass is 16.5. The maximum absolute atomic E-state index is 10.6. The first kappa shape index (κ1) is 14.5. The third-order valence-corrected chi connectivity index (χ3v) is 2.91. The van der Waals surface area contributed by atoms with Gasteiger partial charge in [-0.05, 0) is 17.5 Å². The van der Waals surface area contributed by atoms with Crippen molar-refractivity contribution in [3.8, 4) is 11.5 Å². The van der Waals surface area contributed by atoms with Crippen LogP contribution in [0, 0.1) is 0 Å². The minimum atomic E-state index is 0.110. The average molecular weight is 252 g/mol. The van der Waals surface area contributed by atoms with Crippen molar-refractivity contribution in [1.82, 2.24) is 0 Å². The first-order chi connectivity index (χ1) is 8.67. The SMILES string of the molecule is COCc1cc(C(C)CC=O)c(OC)cc1OC. The van der Waals surface area contributed by atoms with Gasteiger partial charge in [0.25, 0.3) is 0 Å². The molecule has 0 radical (unpaired) electrons. The number of methoxy groups -OCH3 is 3. The third-order valence-electron chi connectivity index (χ3n) is 2.91. The van der Waals surface area contributed by atoms with Gasteiger partial charge in [0.1, 0.15) is 17.8 Å². The molecule has 0 bridgehead atoms. The molecule has 4 heteroatoms. The lowest BCUT2D eigenvalue weighted by Crippen LogP contribution is -2.03. The second kappa shape index (κ2) is 7.01. The lowest BCUT2D eigenvalue weighted by molar-refractivity contribution is -0.108. The molecular weight excluding hydrogens is 232 g/mol. The molecule has 18 heavy (non-hydrogen) atoms. The van der Waals surface area contributed by atoms with Gasteiger partial charge in [-0.2, -0.15) is 0 Å². The second-order valence-electron chi connectivity index (χ2n) is 4.14. The van der Waals surface area contributed by atoms with Gasteiger partial charge in [-0.15, -0.1) is 0 Å². The molecule has 0 saturated heterocycles. The lowest BCUT2D eigenvalue weighted by Gasteiger charge is -2.17. The van der Waals surface area contributed by atoms with Crippen molar-refractivity contribution in [2.24, 2.45) is 0 Å². The Kier molecular flexibility index (Phi) is 5.65. The van der Waals surface area contributed by atoms with Gasteiger partial charge in [0.15, 0.2) is 0 Å². The summed E-state index contributed by atoms with van der Waals surface area (Å²) in [6.45, 7) is 2.46. The number of rotatable bonds is 7. The van der Waals surface area contributed by atoms with E-state index in [1.165, 1.54) is 0 Å². The van der Waals surface area contributed by atoms with Crippen molar-refractivity contribution < 1.29 is 19.0 Å². The Bertz CT molecular complexity index is 401. The first-order valence-electron chi connectivity index (χ1n) is 5.85. The number of carbonyl (C=O) groups is 1. The molecule has 0 heterocycles. The maximum atomic E-state index is 10.6. The van der Waals surface area contributed by atoms with Crippen LogP contribution >= 0.6 is 0 Å². The first-order valence-corrected chi connectivity index (χ1v) is 5.85. The number of hydrogen-bond acceptors (Lipinski definition) is 4. The summed E-state index contributed by atoms with van der Waals surface area (Å²) in [6.07, 6.45) is 1.39. The van der Waals surface area contributed by atoms with Crippen molar-refractivity contribution in [2.75, 3.05) is 21.3 Å². The van der Waals surface area contributed by atoms with Crippen molar-refractivity contribution in [3.05, 3.63) is 23.3 Å². The maximum Gasteiger partial charge on any atom is 0.128 e. The van der Waals surface area contributed by atoms with E-state index in [0.29, 0.717) is 13.0 Å². The monoisotopic (exact) mass is 252 g/mol. The molecule has 0 spiro atoms. The Labute approximate surface area is 108 Å². The molecular formula is C14H20O4. The average Bonchev–Trinajstić information content (AvgIpc) is 2.38. The number of ether oxygens (including phenoxy) is 3. The van der Waals surface area contributed by atoms with Crippen LogP contribution in [0.3, 0.4) is 0 Å². The Hall–Kier alpha value is -1.55. The van der Waals surface area contributed by atoms with Crippen molar-refractivity contribution in [3.63, 3.8) is 0 Å². The Morgan fingerprint density at radius 3 is 2.33 bits per heavy atom. The fourth-order valence-corrected chi connectivity index (χ4v) is 1.92. The van der Waals surface area contributed by atoms with E-state index in [1.807, 2.05) is 19.1 Å². The highest BCUT2D eigenvalue weighted by Gasteiger charge is 2.15. The van der Waals surface area contributed by atoms with Crippen LogP contribution in [0.2, 0.25) is 0 Å². The smallest absolute Gasteiger partial charge is 0.128 e. The summed E-state index contributed by atoms with van der Waals surface area (Å²) in [5.41, 5.74) is 1.95. The van der Waals surface area contributed by atoms with Crippen molar-refractivity contribution in [2.45, 2.75) is 25.9 Å². The molecule has 0 aliphatic carbocycles. The van der Waals surface area contributed by atoms with E-state index in [4.69, 9.17) is 14.2 Å². The van der Waals surface area contributed by atoms with Gasteiger partial charge in [0.2, 0.25) is 0 Å². The highest BCUT2D eigenvalue weighted by Crippen LogP contribution is 2.34. The minimum Gasteiger partial charge on any atom is -0.496 e. The van der Waals surface area contributed by atoms with Gasteiger partial charge in [0, 0.05) is 25.2 Å². The van der Waals surface area contributed by atoms with Gasteiger partial charge in [-0.3, -0.25) is 0 Å². The predicted molar refractivity (Wildman–Crippen MR) is 69.4 cm³/mol. The summed E-state index contributed by atoms with van der Waals surface area (Å²) in [6, 6.07) is 3.82. The standard InChI is InChI=1S/C14H20O4/c1-10(5-6-15)12-7-11(9-16-2)13(17-3)8-14(12)18-4/h6-8,10H,5,9H2,1-4H3. The van der Waals surface area contributed by atoms with Gasteiger partial charge in [-0.25, -0.2) is 0 Å². The summed E-state index contributed by atoms with van der Waals surface area (Å²) < 4.78 is 15.8. The molecule has 4 nitrogen and oxygen atoms in total. The van der Waals surface area contributed by atoms with Crippen LogP contribution in [0.1, 0.15) is 30.4 Å². The summed E-state index contributed by atoms with van der Waals surface area (Å²) in [5, 5.41) is 0. The van der Waals surface area contributed by atoms with E-state index >= 15 is 0 Å². The summed E-state index contributed by atoms with van der Waals surface area (Å²) >= 11 is 0. The zero-order valence-corrected chi connectivity index (χ0v) is 11.4. The molecule has 0 aliphatic rings. The normalized spacial score (nSPS) is 12.0. The van der Waals surface area contributed by atoms with E-state index in [-0.39, 0.29) is 5.92 Å². The van der Waals surface area contributed by atoms with Crippen LogP contribution in [-0.2, 0) is 16.1 Å². The summed E-state index contributed by atoms with van der Waals surface area (Å²) in [5.74, 6) is 1.58. The topological polar surface area (TPSA) is 44.8 Å². The molecule has 1 aromatic carbocycles. The molecule has 0 saturated carbocycles. The Morgan fingerprint density at radius 1 is 1.17 bits per heavy atom. The number of hydrogen-bond donors (Lipinski definition) is 0. The van der Waals surface area contributed by atoms with Crippen LogP contribution in [0.25, 0.3) is 0 Å². The third kappa shape index (κ3) is 3.23. The molecule has 1 unspecified atom stereocenters. The van der Waals surface area contributed by atoms with Gasteiger partial charge in [0.05, 0.1) is 20.8 Å². The van der Waals surface area contributed by atoms with E-state index in [1.54, 1.807) is 21.3 Å². The van der Waals surface area contributed by atoms with Gasteiger partial charge >= 0.3 is 0 Å². The van der Waals surface area contributed by atoms with Crippen LogP contribution in [0.15, 0.2) is 12.1 Å². The number of benzene rings is 1. The van der Waals surface area contributed by atoms with Crippen LogP contribution < -0.4 is 9.47 Å². The van der Waals surface area contributed by atoms with Gasteiger partial charge in [-0.1, -0.05) is 6.92 Å². The predicted octanol–water partition coefficient (Wildman–Crippen LogP) is 2.54. The summed E-state index contributed by atoms with van der Waals surface area (Å²) in [4.78, 5) is 10.6. The lowest BCUT2D eigenvalue weighted by atomic mass is 9.95. The van der Waals surface area contributed by atoms with Crippen LogP contribution in [-0.4, -0.2) is 27.6 Å². The zero-order valence-electron chi connectivity index (χ0n) is 11.4. The molecule has 0 aliphatic heterocycles. The quantitative estimate of drug-likeness (QED) is 0.699. The Morgan fingerprint density at radius 2 is 1.83 bits per heavy atom. The van der Waals surface area contributed by atoms with Crippen LogP contribution in [0.5, 0.6) is 11.5 Å². The van der Waals surface area contributed by atoms with Crippen molar-refractivity contribution >= 4 is 6.29 Å². The fourth-order valence-electron chi connectivity index (χ4n) is 1.92. The largest absolute Gasteiger partial charge is 0.496 e.